The summed E-state index contributed by atoms with van der Waals surface area (Å²) in [7, 11) is 3.51. The SMILES string of the molecule is CCC(C)C(C)OC1=C(C)CCC(SC(=O)N(C)C)=NS1. The van der Waals surface area contributed by atoms with E-state index in [0.29, 0.717) is 5.92 Å². The molecule has 0 aromatic rings. The fourth-order valence-electron chi connectivity index (χ4n) is 1.61. The second-order valence-corrected chi connectivity index (χ2v) is 7.38. The molecule has 0 aliphatic carbocycles. The van der Waals surface area contributed by atoms with E-state index in [0.717, 1.165) is 29.4 Å². The van der Waals surface area contributed by atoms with Gasteiger partial charge in [-0.05, 0) is 43.5 Å². The van der Waals surface area contributed by atoms with Crippen LogP contribution in [0.4, 0.5) is 4.79 Å². The summed E-state index contributed by atoms with van der Waals surface area (Å²) < 4.78 is 10.5. The van der Waals surface area contributed by atoms with Crippen LogP contribution in [0.15, 0.2) is 15.1 Å². The molecule has 0 aromatic heterocycles. The summed E-state index contributed by atoms with van der Waals surface area (Å²) in [6, 6.07) is 0. The van der Waals surface area contributed by atoms with Gasteiger partial charge in [-0.3, -0.25) is 4.79 Å². The van der Waals surface area contributed by atoms with Crippen LogP contribution in [0.5, 0.6) is 0 Å². The van der Waals surface area contributed by atoms with Gasteiger partial charge < -0.3 is 9.64 Å². The number of carbonyl (C=O) groups is 1. The number of thioether (sulfide) groups is 1. The van der Waals surface area contributed by atoms with Gasteiger partial charge in [0, 0.05) is 32.5 Å². The number of ether oxygens (including phenoxy) is 1. The number of nitrogens with zero attached hydrogens (tertiary/aromatic N) is 2. The molecule has 4 nitrogen and oxygen atoms in total. The molecule has 1 rings (SSSR count). The predicted octanol–water partition coefficient (Wildman–Crippen LogP) is 4.92. The van der Waals surface area contributed by atoms with Crippen molar-refractivity contribution in [3.63, 3.8) is 0 Å². The molecule has 1 heterocycles. The standard InChI is InChI=1S/C15H26N2O2S2/c1-7-10(2)12(4)19-14-11(3)8-9-13(16-21-14)20-15(18)17(5)6/h10,12H,7-9H2,1-6H3. The lowest BCUT2D eigenvalue weighted by Crippen LogP contribution is -2.18. The molecule has 6 heteroatoms. The topological polar surface area (TPSA) is 41.9 Å². The van der Waals surface area contributed by atoms with Crippen molar-refractivity contribution in [2.24, 2.45) is 10.3 Å². The number of carbonyl (C=O) groups excluding carboxylic acids is 1. The van der Waals surface area contributed by atoms with Gasteiger partial charge in [-0.25, -0.2) is 4.40 Å². The number of hydrogen-bond donors (Lipinski definition) is 0. The Kier molecular flexibility index (Phi) is 7.66. The van der Waals surface area contributed by atoms with Crippen LogP contribution in [0, 0.1) is 5.92 Å². The lowest BCUT2D eigenvalue weighted by molar-refractivity contribution is 0.0989. The van der Waals surface area contributed by atoms with Gasteiger partial charge in [0.1, 0.15) is 0 Å². The third kappa shape index (κ3) is 5.94. The molecular formula is C15H26N2O2S2. The average molecular weight is 331 g/mol. The fraction of sp³-hybridized carbons (Fsp3) is 0.733. The molecule has 2 unspecified atom stereocenters. The highest BCUT2D eigenvalue weighted by atomic mass is 32.2. The molecule has 0 N–H and O–H groups in total. The highest BCUT2D eigenvalue weighted by Gasteiger charge is 2.20. The second kappa shape index (κ2) is 8.73. The van der Waals surface area contributed by atoms with Crippen LogP contribution in [-0.2, 0) is 4.74 Å². The summed E-state index contributed by atoms with van der Waals surface area (Å²) in [5.74, 6) is 0.516. The van der Waals surface area contributed by atoms with Crippen molar-refractivity contribution in [3.8, 4) is 0 Å². The van der Waals surface area contributed by atoms with Gasteiger partial charge in [0.25, 0.3) is 5.24 Å². The Bertz CT molecular complexity index is 433. The molecule has 0 saturated carbocycles. The highest BCUT2D eigenvalue weighted by Crippen LogP contribution is 2.33. The van der Waals surface area contributed by atoms with Crippen molar-refractivity contribution in [3.05, 3.63) is 10.7 Å². The molecule has 120 valence electrons. The molecule has 0 spiro atoms. The highest BCUT2D eigenvalue weighted by molar-refractivity contribution is 8.26. The first-order valence-electron chi connectivity index (χ1n) is 7.34. The maximum absolute atomic E-state index is 11.7. The zero-order valence-corrected chi connectivity index (χ0v) is 15.4. The zero-order chi connectivity index (χ0) is 16.0. The fourth-order valence-corrected chi connectivity index (χ4v) is 3.19. The third-order valence-electron chi connectivity index (χ3n) is 3.60. The van der Waals surface area contributed by atoms with E-state index < -0.39 is 0 Å². The summed E-state index contributed by atoms with van der Waals surface area (Å²) in [6.07, 6.45) is 2.97. The molecule has 0 fully saturated rings. The van der Waals surface area contributed by atoms with Crippen LogP contribution in [-0.4, -0.2) is 35.4 Å². The Labute approximate surface area is 136 Å². The number of rotatable bonds is 4. The minimum Gasteiger partial charge on any atom is -0.482 e. The maximum Gasteiger partial charge on any atom is 0.287 e. The lowest BCUT2D eigenvalue weighted by Gasteiger charge is -2.21. The summed E-state index contributed by atoms with van der Waals surface area (Å²) >= 11 is 2.57. The molecular weight excluding hydrogens is 304 g/mol. The lowest BCUT2D eigenvalue weighted by atomic mass is 10.0. The normalized spacial score (nSPS) is 18.7. The quantitative estimate of drug-likeness (QED) is 0.686. The summed E-state index contributed by atoms with van der Waals surface area (Å²) in [6.45, 7) is 8.56. The van der Waals surface area contributed by atoms with Gasteiger partial charge in [0.2, 0.25) is 0 Å². The average Bonchev–Trinajstić information content (AvgIpc) is 2.61. The van der Waals surface area contributed by atoms with Gasteiger partial charge >= 0.3 is 0 Å². The smallest absolute Gasteiger partial charge is 0.287 e. The number of amides is 1. The maximum atomic E-state index is 11.7. The van der Waals surface area contributed by atoms with E-state index in [2.05, 4.69) is 32.1 Å². The van der Waals surface area contributed by atoms with E-state index in [1.807, 2.05) is 0 Å². The van der Waals surface area contributed by atoms with Gasteiger partial charge in [0.05, 0.1) is 11.1 Å². The van der Waals surface area contributed by atoms with Crippen molar-refractivity contribution >= 4 is 34.0 Å². The molecule has 2 atom stereocenters. The van der Waals surface area contributed by atoms with E-state index in [1.165, 1.54) is 29.3 Å². The van der Waals surface area contributed by atoms with Crippen LogP contribution >= 0.6 is 23.7 Å². The predicted molar refractivity (Wildman–Crippen MR) is 93.6 cm³/mol. The number of hydrogen-bond acceptors (Lipinski definition) is 5. The van der Waals surface area contributed by atoms with Crippen molar-refractivity contribution in [2.45, 2.75) is 53.1 Å². The second-order valence-electron chi connectivity index (χ2n) is 5.61. The molecule has 1 aliphatic rings. The molecule has 0 aromatic carbocycles. The third-order valence-corrected chi connectivity index (χ3v) is 5.71. The van der Waals surface area contributed by atoms with Crippen LogP contribution in [0.1, 0.15) is 47.0 Å². The van der Waals surface area contributed by atoms with Crippen molar-refractivity contribution < 1.29 is 9.53 Å². The first kappa shape index (κ1) is 18.4. The Morgan fingerprint density at radius 2 is 2.10 bits per heavy atom. The summed E-state index contributed by atoms with van der Waals surface area (Å²) in [4.78, 5) is 13.3. The molecule has 0 saturated heterocycles. The van der Waals surface area contributed by atoms with E-state index >= 15 is 0 Å². The Hall–Kier alpha value is -0.620. The number of allylic oxidation sites excluding steroid dienone is 1. The monoisotopic (exact) mass is 330 g/mol. The molecule has 0 bridgehead atoms. The van der Waals surface area contributed by atoms with Gasteiger partial charge in [-0.1, -0.05) is 20.3 Å². The van der Waals surface area contributed by atoms with Gasteiger partial charge in [0.15, 0.2) is 5.09 Å². The summed E-state index contributed by atoms with van der Waals surface area (Å²) in [5.41, 5.74) is 1.21. The Balaban J connectivity index is 2.66. The molecule has 0 radical (unpaired) electrons. The molecule has 1 amide bonds. The Morgan fingerprint density at radius 1 is 1.43 bits per heavy atom. The van der Waals surface area contributed by atoms with Crippen LogP contribution in [0.3, 0.4) is 0 Å². The van der Waals surface area contributed by atoms with Crippen LogP contribution < -0.4 is 0 Å². The van der Waals surface area contributed by atoms with Crippen molar-refractivity contribution in [2.75, 3.05) is 14.1 Å². The van der Waals surface area contributed by atoms with Crippen LogP contribution in [0.2, 0.25) is 0 Å². The minimum atomic E-state index is 0.0179. The first-order chi connectivity index (χ1) is 9.85. The van der Waals surface area contributed by atoms with E-state index in [9.17, 15) is 4.79 Å². The van der Waals surface area contributed by atoms with E-state index in [-0.39, 0.29) is 11.3 Å². The van der Waals surface area contributed by atoms with E-state index in [4.69, 9.17) is 4.74 Å². The molecule has 21 heavy (non-hydrogen) atoms. The minimum absolute atomic E-state index is 0.0179. The van der Waals surface area contributed by atoms with Crippen molar-refractivity contribution in [1.29, 1.82) is 0 Å². The largest absolute Gasteiger partial charge is 0.482 e. The van der Waals surface area contributed by atoms with E-state index in [1.54, 1.807) is 19.0 Å². The first-order valence-corrected chi connectivity index (χ1v) is 8.93. The molecule has 1 aliphatic heterocycles. The van der Waals surface area contributed by atoms with Gasteiger partial charge in [-0.15, -0.1) is 0 Å². The van der Waals surface area contributed by atoms with Crippen molar-refractivity contribution in [1.82, 2.24) is 4.90 Å². The van der Waals surface area contributed by atoms with Gasteiger partial charge in [-0.2, -0.15) is 0 Å². The zero-order valence-electron chi connectivity index (χ0n) is 13.8. The summed E-state index contributed by atoms with van der Waals surface area (Å²) in [5, 5.41) is 1.79. The Morgan fingerprint density at radius 3 is 2.67 bits per heavy atom. The van der Waals surface area contributed by atoms with Crippen LogP contribution in [0.25, 0.3) is 0 Å².